The molecule has 2 aromatic rings. The first-order valence-electron chi connectivity index (χ1n) is 6.71. The summed E-state index contributed by atoms with van der Waals surface area (Å²) in [5.41, 5.74) is 0.900. The third kappa shape index (κ3) is 3.66. The van der Waals surface area contributed by atoms with E-state index in [0.717, 1.165) is 0 Å². The molecule has 1 amide bonds. The van der Waals surface area contributed by atoms with E-state index in [0.29, 0.717) is 22.8 Å². The molecule has 1 N–H and O–H groups in total. The van der Waals surface area contributed by atoms with Crippen molar-refractivity contribution in [2.75, 3.05) is 12.4 Å². The number of carbonyl (C=O) groups excluding carboxylic acids is 2. The number of benzene rings is 1. The van der Waals surface area contributed by atoms with E-state index in [1.165, 1.54) is 19.3 Å². The minimum absolute atomic E-state index is 0.309. The molecule has 6 nitrogen and oxygen atoms in total. The second-order valence-electron chi connectivity index (χ2n) is 4.66. The minimum Gasteiger partial charge on any atom is -0.497 e. The van der Waals surface area contributed by atoms with Gasteiger partial charge in [0.25, 0.3) is 5.91 Å². The molecule has 0 spiro atoms. The number of aryl methyl sites for hydroxylation is 1. The van der Waals surface area contributed by atoms with Crippen molar-refractivity contribution in [1.82, 2.24) is 0 Å². The highest BCUT2D eigenvalue weighted by Gasteiger charge is 2.21. The van der Waals surface area contributed by atoms with Gasteiger partial charge in [-0.3, -0.25) is 4.79 Å². The van der Waals surface area contributed by atoms with Crippen LogP contribution in [0.2, 0.25) is 0 Å². The average Bonchev–Trinajstić information content (AvgIpc) is 2.94. The Hall–Kier alpha value is -2.76. The first kappa shape index (κ1) is 15.6. The largest absolute Gasteiger partial charge is 0.497 e. The Morgan fingerprint density at radius 1 is 1.18 bits per heavy atom. The molecule has 22 heavy (non-hydrogen) atoms. The molecule has 1 heterocycles. The van der Waals surface area contributed by atoms with Crippen LogP contribution in [0.25, 0.3) is 0 Å². The van der Waals surface area contributed by atoms with E-state index in [-0.39, 0.29) is 0 Å². The summed E-state index contributed by atoms with van der Waals surface area (Å²) in [6.45, 7) is 3.16. The summed E-state index contributed by atoms with van der Waals surface area (Å²) in [4.78, 5) is 23.9. The van der Waals surface area contributed by atoms with Crippen molar-refractivity contribution in [1.29, 1.82) is 0 Å². The fourth-order valence-electron chi connectivity index (χ4n) is 1.79. The lowest BCUT2D eigenvalue weighted by molar-refractivity contribution is -0.123. The van der Waals surface area contributed by atoms with E-state index in [9.17, 15) is 9.59 Å². The van der Waals surface area contributed by atoms with Crippen molar-refractivity contribution in [2.24, 2.45) is 0 Å². The van der Waals surface area contributed by atoms with Crippen molar-refractivity contribution in [2.45, 2.75) is 20.0 Å². The Labute approximate surface area is 128 Å². The van der Waals surface area contributed by atoms with Crippen molar-refractivity contribution in [3.8, 4) is 5.75 Å². The van der Waals surface area contributed by atoms with Gasteiger partial charge in [0, 0.05) is 5.69 Å². The number of nitrogens with one attached hydrogen (secondary N) is 1. The zero-order valence-electron chi connectivity index (χ0n) is 12.6. The summed E-state index contributed by atoms with van der Waals surface area (Å²) >= 11 is 0. The molecule has 1 aromatic carbocycles. The number of rotatable bonds is 5. The molecular weight excluding hydrogens is 286 g/mol. The Morgan fingerprint density at radius 3 is 2.41 bits per heavy atom. The maximum absolute atomic E-state index is 12.0. The fourth-order valence-corrected chi connectivity index (χ4v) is 1.79. The van der Waals surface area contributed by atoms with Gasteiger partial charge in [0.1, 0.15) is 17.1 Å². The van der Waals surface area contributed by atoms with Crippen LogP contribution in [0.4, 0.5) is 5.69 Å². The Balaban J connectivity index is 1.94. The first-order valence-corrected chi connectivity index (χ1v) is 6.71. The van der Waals surface area contributed by atoms with Gasteiger partial charge in [-0.1, -0.05) is 0 Å². The van der Waals surface area contributed by atoms with Gasteiger partial charge in [-0.15, -0.1) is 0 Å². The molecule has 1 aromatic heterocycles. The Kier molecular flexibility index (Phi) is 4.83. The zero-order chi connectivity index (χ0) is 16.1. The quantitative estimate of drug-likeness (QED) is 0.859. The summed E-state index contributed by atoms with van der Waals surface area (Å²) in [5, 5.41) is 2.66. The van der Waals surface area contributed by atoms with Crippen LogP contribution in [-0.2, 0) is 9.53 Å². The lowest BCUT2D eigenvalue weighted by Gasteiger charge is -2.13. The normalized spacial score (nSPS) is 11.6. The third-order valence-electron chi connectivity index (χ3n) is 3.09. The standard InChI is InChI=1S/C16H17NO5/c1-10-14(8-9-21-10)16(19)22-11(2)15(18)17-12-4-6-13(20-3)7-5-12/h4-9,11H,1-3H3,(H,17,18)/t11-/m0/s1. The van der Waals surface area contributed by atoms with Crippen LogP contribution < -0.4 is 10.1 Å². The van der Waals surface area contributed by atoms with Crippen LogP contribution in [0.5, 0.6) is 5.75 Å². The predicted molar refractivity (Wildman–Crippen MR) is 79.9 cm³/mol. The summed E-state index contributed by atoms with van der Waals surface area (Å²) in [6, 6.07) is 8.35. The Bertz CT molecular complexity index is 659. The smallest absolute Gasteiger partial charge is 0.342 e. The SMILES string of the molecule is COc1ccc(NC(=O)[C@H](C)OC(=O)c2ccoc2C)cc1. The summed E-state index contributed by atoms with van der Waals surface area (Å²) in [5.74, 6) is 0.129. The highest BCUT2D eigenvalue weighted by atomic mass is 16.5. The second-order valence-corrected chi connectivity index (χ2v) is 4.66. The number of ether oxygens (including phenoxy) is 2. The number of anilines is 1. The van der Waals surface area contributed by atoms with E-state index in [4.69, 9.17) is 13.9 Å². The van der Waals surface area contributed by atoms with Crippen molar-refractivity contribution in [3.05, 3.63) is 47.9 Å². The van der Waals surface area contributed by atoms with Gasteiger partial charge in [0.05, 0.1) is 13.4 Å². The maximum Gasteiger partial charge on any atom is 0.342 e. The molecule has 0 unspecified atom stereocenters. The topological polar surface area (TPSA) is 77.8 Å². The molecule has 2 rings (SSSR count). The monoisotopic (exact) mass is 303 g/mol. The van der Waals surface area contributed by atoms with E-state index < -0.39 is 18.0 Å². The number of carbonyl (C=O) groups is 2. The van der Waals surface area contributed by atoms with E-state index >= 15 is 0 Å². The van der Waals surface area contributed by atoms with Crippen LogP contribution in [0.1, 0.15) is 23.0 Å². The van der Waals surface area contributed by atoms with Gasteiger partial charge in [0.15, 0.2) is 6.10 Å². The molecule has 0 aliphatic rings. The van der Waals surface area contributed by atoms with Crippen molar-refractivity contribution in [3.63, 3.8) is 0 Å². The molecule has 0 fully saturated rings. The minimum atomic E-state index is -0.927. The highest BCUT2D eigenvalue weighted by molar-refractivity contribution is 5.97. The van der Waals surface area contributed by atoms with Crippen LogP contribution >= 0.6 is 0 Å². The maximum atomic E-state index is 12.0. The highest BCUT2D eigenvalue weighted by Crippen LogP contribution is 2.16. The summed E-state index contributed by atoms with van der Waals surface area (Å²) in [6.07, 6.45) is 0.470. The van der Waals surface area contributed by atoms with E-state index in [1.807, 2.05) is 0 Å². The second kappa shape index (κ2) is 6.80. The lowest BCUT2D eigenvalue weighted by atomic mass is 10.2. The molecule has 116 valence electrons. The number of esters is 1. The van der Waals surface area contributed by atoms with Crippen molar-refractivity contribution >= 4 is 17.6 Å². The first-order chi connectivity index (χ1) is 10.5. The number of furan rings is 1. The van der Waals surface area contributed by atoms with Crippen LogP contribution in [0.15, 0.2) is 41.0 Å². The average molecular weight is 303 g/mol. The Morgan fingerprint density at radius 2 is 1.86 bits per heavy atom. The molecule has 0 aliphatic heterocycles. The van der Waals surface area contributed by atoms with Gasteiger partial charge < -0.3 is 19.2 Å². The van der Waals surface area contributed by atoms with Gasteiger partial charge >= 0.3 is 5.97 Å². The van der Waals surface area contributed by atoms with Gasteiger partial charge in [-0.25, -0.2) is 4.79 Å². The summed E-state index contributed by atoms with van der Waals surface area (Å²) in [7, 11) is 1.56. The van der Waals surface area contributed by atoms with Gasteiger partial charge in [-0.05, 0) is 44.2 Å². The number of hydrogen-bond donors (Lipinski definition) is 1. The van der Waals surface area contributed by atoms with Gasteiger partial charge in [0.2, 0.25) is 0 Å². The number of methoxy groups -OCH3 is 1. The number of amides is 1. The van der Waals surface area contributed by atoms with Gasteiger partial charge in [-0.2, -0.15) is 0 Å². The summed E-state index contributed by atoms with van der Waals surface area (Å²) < 4.78 is 15.2. The van der Waals surface area contributed by atoms with E-state index in [1.54, 1.807) is 38.3 Å². The van der Waals surface area contributed by atoms with Crippen molar-refractivity contribution < 1.29 is 23.5 Å². The molecule has 0 radical (unpaired) electrons. The molecule has 0 bridgehead atoms. The molecule has 1 atom stereocenters. The predicted octanol–water partition coefficient (Wildman–Crippen LogP) is 2.78. The number of hydrogen-bond acceptors (Lipinski definition) is 5. The van der Waals surface area contributed by atoms with Crippen LogP contribution in [0, 0.1) is 6.92 Å². The molecular formula is C16H17NO5. The third-order valence-corrected chi connectivity index (χ3v) is 3.09. The van der Waals surface area contributed by atoms with Crippen LogP contribution in [-0.4, -0.2) is 25.1 Å². The van der Waals surface area contributed by atoms with E-state index in [2.05, 4.69) is 5.32 Å². The lowest BCUT2D eigenvalue weighted by Crippen LogP contribution is -2.30. The molecule has 0 saturated carbocycles. The molecule has 0 aliphatic carbocycles. The molecule has 0 saturated heterocycles. The molecule has 6 heteroatoms. The zero-order valence-corrected chi connectivity index (χ0v) is 12.6. The fraction of sp³-hybridized carbons (Fsp3) is 0.250. The van der Waals surface area contributed by atoms with Crippen LogP contribution in [0.3, 0.4) is 0 Å².